The largest absolute Gasteiger partial charge is 0.322 e. The monoisotopic (exact) mass is 347 g/mol. The summed E-state index contributed by atoms with van der Waals surface area (Å²) in [4.78, 5) is 16.3. The van der Waals surface area contributed by atoms with Crippen LogP contribution in [0.1, 0.15) is 5.56 Å². The van der Waals surface area contributed by atoms with E-state index >= 15 is 0 Å². The molecule has 1 aliphatic rings. The molecule has 0 unspecified atom stereocenters. The van der Waals surface area contributed by atoms with Crippen LogP contribution in [-0.4, -0.2) is 42.0 Å². The van der Waals surface area contributed by atoms with Gasteiger partial charge in [-0.1, -0.05) is 29.8 Å². The van der Waals surface area contributed by atoms with E-state index < -0.39 is 0 Å². The average Bonchev–Trinajstić information content (AvgIpc) is 2.59. The third-order valence-corrected chi connectivity index (χ3v) is 4.48. The third-order valence-electron chi connectivity index (χ3n) is 4.11. The highest BCUT2D eigenvalue weighted by Gasteiger charge is 2.21. The fourth-order valence-corrected chi connectivity index (χ4v) is 2.91. The fraction of sp³-hybridized carbons (Fsp3) is 0.278. The molecule has 1 fully saturated rings. The molecule has 0 spiro atoms. The number of nitrogens with one attached hydrogen (secondary N) is 1. The van der Waals surface area contributed by atoms with E-state index in [2.05, 4.69) is 10.2 Å². The van der Waals surface area contributed by atoms with Crippen LogP contribution in [0.5, 0.6) is 0 Å². The van der Waals surface area contributed by atoms with Gasteiger partial charge in [0.05, 0.1) is 0 Å². The number of benzene rings is 2. The summed E-state index contributed by atoms with van der Waals surface area (Å²) < 4.78 is 12.9. The molecule has 126 valence electrons. The summed E-state index contributed by atoms with van der Waals surface area (Å²) in [7, 11) is 0. The van der Waals surface area contributed by atoms with Crippen molar-refractivity contribution in [2.75, 3.05) is 31.5 Å². The zero-order valence-electron chi connectivity index (χ0n) is 13.2. The summed E-state index contributed by atoms with van der Waals surface area (Å²) in [5, 5.41) is 3.57. The maximum Gasteiger partial charge on any atom is 0.321 e. The molecule has 1 aliphatic heterocycles. The molecular formula is C18H19ClFN3O. The van der Waals surface area contributed by atoms with Gasteiger partial charge in [-0.05, 0) is 35.9 Å². The summed E-state index contributed by atoms with van der Waals surface area (Å²) >= 11 is 6.20. The zero-order chi connectivity index (χ0) is 16.9. The van der Waals surface area contributed by atoms with E-state index in [4.69, 9.17) is 11.6 Å². The number of piperazine rings is 1. The predicted molar refractivity (Wildman–Crippen MR) is 93.7 cm³/mol. The maximum absolute atomic E-state index is 12.9. The second-order valence-electron chi connectivity index (χ2n) is 5.79. The van der Waals surface area contributed by atoms with E-state index in [1.54, 1.807) is 17.0 Å². The van der Waals surface area contributed by atoms with Gasteiger partial charge in [-0.15, -0.1) is 0 Å². The number of carbonyl (C=O) groups is 1. The first-order valence-corrected chi connectivity index (χ1v) is 8.27. The lowest BCUT2D eigenvalue weighted by Crippen LogP contribution is -2.49. The van der Waals surface area contributed by atoms with Gasteiger partial charge in [0.15, 0.2) is 0 Å². The molecule has 4 nitrogen and oxygen atoms in total. The number of hydrogen-bond acceptors (Lipinski definition) is 2. The molecule has 2 aromatic rings. The van der Waals surface area contributed by atoms with Crippen molar-refractivity contribution in [1.29, 1.82) is 0 Å². The quantitative estimate of drug-likeness (QED) is 0.916. The van der Waals surface area contributed by atoms with Crippen LogP contribution in [0.4, 0.5) is 14.9 Å². The van der Waals surface area contributed by atoms with E-state index in [0.717, 1.165) is 30.2 Å². The lowest BCUT2D eigenvalue weighted by molar-refractivity contribution is 0.143. The van der Waals surface area contributed by atoms with E-state index in [0.29, 0.717) is 18.8 Å². The summed E-state index contributed by atoms with van der Waals surface area (Å²) in [6.07, 6.45) is 0. The number of carbonyl (C=O) groups excluding carboxylic acids is 1. The Morgan fingerprint density at radius 2 is 1.71 bits per heavy atom. The van der Waals surface area contributed by atoms with Gasteiger partial charge in [0.25, 0.3) is 0 Å². The lowest BCUT2D eigenvalue weighted by atomic mass is 10.2. The van der Waals surface area contributed by atoms with Crippen molar-refractivity contribution in [3.63, 3.8) is 0 Å². The second-order valence-corrected chi connectivity index (χ2v) is 6.20. The first-order chi connectivity index (χ1) is 11.6. The SMILES string of the molecule is O=C(Nc1ccc(F)cc1)N1CCN(Cc2ccccc2Cl)CC1. The summed E-state index contributed by atoms with van der Waals surface area (Å²) in [5.74, 6) is -0.318. The van der Waals surface area contributed by atoms with Crippen LogP contribution in [0.3, 0.4) is 0 Å². The highest BCUT2D eigenvalue weighted by atomic mass is 35.5. The number of anilines is 1. The maximum atomic E-state index is 12.9. The molecule has 1 heterocycles. The van der Waals surface area contributed by atoms with Crippen molar-refractivity contribution in [1.82, 2.24) is 9.80 Å². The summed E-state index contributed by atoms with van der Waals surface area (Å²) in [5.41, 5.74) is 1.70. The number of halogens is 2. The highest BCUT2D eigenvalue weighted by Crippen LogP contribution is 2.18. The minimum Gasteiger partial charge on any atom is -0.322 e. The molecule has 0 aliphatic carbocycles. The minimum atomic E-state index is -0.318. The number of urea groups is 1. The van der Waals surface area contributed by atoms with Crippen molar-refractivity contribution in [2.24, 2.45) is 0 Å². The first-order valence-electron chi connectivity index (χ1n) is 7.89. The molecule has 1 N–H and O–H groups in total. The smallest absolute Gasteiger partial charge is 0.321 e. The Morgan fingerprint density at radius 1 is 1.04 bits per heavy atom. The first kappa shape index (κ1) is 16.7. The zero-order valence-corrected chi connectivity index (χ0v) is 14.0. The molecule has 1 saturated heterocycles. The lowest BCUT2D eigenvalue weighted by Gasteiger charge is -2.34. The second kappa shape index (κ2) is 7.64. The third kappa shape index (κ3) is 4.24. The van der Waals surface area contributed by atoms with Gasteiger partial charge in [0, 0.05) is 43.4 Å². The fourth-order valence-electron chi connectivity index (χ4n) is 2.71. The van der Waals surface area contributed by atoms with Crippen LogP contribution < -0.4 is 5.32 Å². The predicted octanol–water partition coefficient (Wildman–Crippen LogP) is 3.83. The van der Waals surface area contributed by atoms with E-state index in [-0.39, 0.29) is 11.8 Å². The molecule has 0 bridgehead atoms. The van der Waals surface area contributed by atoms with Crippen molar-refractivity contribution in [3.05, 3.63) is 64.9 Å². The van der Waals surface area contributed by atoms with Gasteiger partial charge in [-0.2, -0.15) is 0 Å². The van der Waals surface area contributed by atoms with Gasteiger partial charge in [0.2, 0.25) is 0 Å². The van der Waals surface area contributed by atoms with Gasteiger partial charge < -0.3 is 10.2 Å². The minimum absolute atomic E-state index is 0.154. The van der Waals surface area contributed by atoms with Crippen LogP contribution >= 0.6 is 11.6 Å². The Kier molecular flexibility index (Phi) is 5.33. The van der Waals surface area contributed by atoms with Gasteiger partial charge in [-0.3, -0.25) is 4.90 Å². The number of hydrogen-bond donors (Lipinski definition) is 1. The summed E-state index contributed by atoms with van der Waals surface area (Å²) in [6, 6.07) is 13.4. The Bertz CT molecular complexity index is 700. The number of rotatable bonds is 3. The Labute approximate surface area is 145 Å². The van der Waals surface area contributed by atoms with Gasteiger partial charge in [0.1, 0.15) is 5.82 Å². The van der Waals surface area contributed by atoms with Crippen LogP contribution in [0.15, 0.2) is 48.5 Å². The number of amides is 2. The van der Waals surface area contributed by atoms with E-state index in [1.807, 2.05) is 24.3 Å². The van der Waals surface area contributed by atoms with Crippen molar-refractivity contribution < 1.29 is 9.18 Å². The molecule has 3 rings (SSSR count). The topological polar surface area (TPSA) is 35.6 Å². The van der Waals surface area contributed by atoms with Crippen LogP contribution in [0.2, 0.25) is 5.02 Å². The van der Waals surface area contributed by atoms with Crippen LogP contribution in [-0.2, 0) is 6.54 Å². The van der Waals surface area contributed by atoms with E-state index in [9.17, 15) is 9.18 Å². The van der Waals surface area contributed by atoms with E-state index in [1.165, 1.54) is 12.1 Å². The number of nitrogens with zero attached hydrogens (tertiary/aromatic N) is 2. The highest BCUT2D eigenvalue weighted by molar-refractivity contribution is 6.31. The molecular weight excluding hydrogens is 329 g/mol. The molecule has 0 saturated carbocycles. The van der Waals surface area contributed by atoms with Crippen LogP contribution in [0.25, 0.3) is 0 Å². The average molecular weight is 348 g/mol. The van der Waals surface area contributed by atoms with Gasteiger partial charge >= 0.3 is 6.03 Å². The molecule has 6 heteroatoms. The Balaban J connectivity index is 1.50. The molecule has 2 aromatic carbocycles. The molecule has 2 amide bonds. The van der Waals surface area contributed by atoms with Crippen molar-refractivity contribution in [2.45, 2.75) is 6.54 Å². The van der Waals surface area contributed by atoms with Crippen molar-refractivity contribution in [3.8, 4) is 0 Å². The van der Waals surface area contributed by atoms with Crippen LogP contribution in [0, 0.1) is 5.82 Å². The van der Waals surface area contributed by atoms with Crippen molar-refractivity contribution >= 4 is 23.3 Å². The van der Waals surface area contributed by atoms with Gasteiger partial charge in [-0.25, -0.2) is 9.18 Å². The Morgan fingerprint density at radius 3 is 2.38 bits per heavy atom. The summed E-state index contributed by atoms with van der Waals surface area (Å²) in [6.45, 7) is 3.67. The molecule has 0 radical (unpaired) electrons. The molecule has 0 aromatic heterocycles. The standard InChI is InChI=1S/C18H19ClFN3O/c19-17-4-2-1-3-14(17)13-22-9-11-23(12-10-22)18(24)21-16-7-5-15(20)6-8-16/h1-8H,9-13H2,(H,21,24). The Hall–Kier alpha value is -2.11. The molecule has 24 heavy (non-hydrogen) atoms. The molecule has 0 atom stereocenters. The normalized spacial score (nSPS) is 15.3.